The van der Waals surface area contributed by atoms with Gasteiger partial charge in [-0.2, -0.15) is 0 Å². The minimum atomic E-state index is -3.58. The number of sulfonamides is 1. The Morgan fingerprint density at radius 1 is 1.16 bits per heavy atom. The molecule has 1 aromatic carbocycles. The van der Waals surface area contributed by atoms with E-state index >= 15 is 0 Å². The second kappa shape index (κ2) is 7.33. The van der Waals surface area contributed by atoms with Crippen LogP contribution in [0.4, 0.5) is 0 Å². The Balaban J connectivity index is 1.65. The van der Waals surface area contributed by atoms with Gasteiger partial charge in [-0.05, 0) is 61.2 Å². The smallest absolute Gasteiger partial charge is 0.251 e. The van der Waals surface area contributed by atoms with E-state index in [1.807, 2.05) is 12.1 Å². The van der Waals surface area contributed by atoms with Crippen LogP contribution in [0.25, 0.3) is 0 Å². The van der Waals surface area contributed by atoms with E-state index in [1.54, 1.807) is 31.6 Å². The molecule has 0 radical (unpaired) electrons. The molecule has 6 nitrogen and oxygen atoms in total. The molecule has 3 rings (SSSR count). The molecule has 0 atom stereocenters. The van der Waals surface area contributed by atoms with Crippen molar-refractivity contribution in [1.29, 1.82) is 0 Å². The highest BCUT2D eigenvalue weighted by Gasteiger charge is 2.24. The zero-order valence-corrected chi connectivity index (χ0v) is 14.9. The highest BCUT2D eigenvalue weighted by Crippen LogP contribution is 2.20. The fraction of sp³-hybridized carbons (Fsp3) is 0.333. The summed E-state index contributed by atoms with van der Waals surface area (Å²) in [4.78, 5) is 16.1. The van der Waals surface area contributed by atoms with E-state index in [2.05, 4.69) is 10.3 Å². The van der Waals surface area contributed by atoms with E-state index in [0.29, 0.717) is 18.5 Å². The number of benzene rings is 1. The lowest BCUT2D eigenvalue weighted by molar-refractivity contribution is 0.0951. The maximum absolute atomic E-state index is 12.6. The van der Waals surface area contributed by atoms with Crippen molar-refractivity contribution in [3.05, 3.63) is 59.9 Å². The summed E-state index contributed by atoms with van der Waals surface area (Å²) in [5, 5.41) is 2.89. The minimum absolute atomic E-state index is 0.155. The molecule has 1 aliphatic carbocycles. The predicted molar refractivity (Wildman–Crippen MR) is 94.7 cm³/mol. The first-order valence-corrected chi connectivity index (χ1v) is 9.67. The second-order valence-corrected chi connectivity index (χ2v) is 8.25. The highest BCUT2D eigenvalue weighted by atomic mass is 32.2. The van der Waals surface area contributed by atoms with Gasteiger partial charge in [0.1, 0.15) is 0 Å². The van der Waals surface area contributed by atoms with Crippen molar-refractivity contribution in [2.45, 2.75) is 30.2 Å². The maximum Gasteiger partial charge on any atom is 0.251 e. The Morgan fingerprint density at radius 2 is 1.80 bits per heavy atom. The third-order valence-corrected chi connectivity index (χ3v) is 6.07. The Bertz CT molecular complexity index is 832. The Morgan fingerprint density at radius 3 is 2.40 bits per heavy atom. The highest BCUT2D eigenvalue weighted by molar-refractivity contribution is 7.89. The quantitative estimate of drug-likeness (QED) is 0.818. The summed E-state index contributed by atoms with van der Waals surface area (Å²) in [5.74, 6) is -0.155. The van der Waals surface area contributed by atoms with Gasteiger partial charge in [0.2, 0.25) is 10.0 Å². The van der Waals surface area contributed by atoms with Crippen molar-refractivity contribution < 1.29 is 13.2 Å². The first-order chi connectivity index (χ1) is 12.0. The summed E-state index contributed by atoms with van der Waals surface area (Å²) < 4.78 is 26.6. The van der Waals surface area contributed by atoms with Crippen molar-refractivity contribution in [2.75, 3.05) is 13.6 Å². The number of carbonyl (C=O) groups excluding carboxylic acids is 1. The molecule has 25 heavy (non-hydrogen) atoms. The van der Waals surface area contributed by atoms with Gasteiger partial charge in [-0.1, -0.05) is 0 Å². The molecule has 1 fully saturated rings. The zero-order chi connectivity index (χ0) is 17.9. The molecule has 1 heterocycles. The SMILES string of the molecule is CN(CCc1ccncc1)S(=O)(=O)c1ccc(C(=O)NC2CC2)cc1. The molecular weight excluding hydrogens is 338 g/mol. The zero-order valence-electron chi connectivity index (χ0n) is 14.1. The number of nitrogens with zero attached hydrogens (tertiary/aromatic N) is 2. The van der Waals surface area contributed by atoms with Gasteiger partial charge in [0.05, 0.1) is 4.90 Å². The van der Waals surface area contributed by atoms with Crippen LogP contribution >= 0.6 is 0 Å². The van der Waals surface area contributed by atoms with Crippen LogP contribution in [0.1, 0.15) is 28.8 Å². The molecule has 0 bridgehead atoms. The molecule has 0 spiro atoms. The number of likely N-dealkylation sites (N-methyl/N-ethyl adjacent to an activating group) is 1. The van der Waals surface area contributed by atoms with Gasteiger partial charge in [0, 0.05) is 37.6 Å². The van der Waals surface area contributed by atoms with Gasteiger partial charge >= 0.3 is 0 Å². The average Bonchev–Trinajstić information content (AvgIpc) is 3.44. The molecule has 1 aliphatic rings. The molecule has 7 heteroatoms. The van der Waals surface area contributed by atoms with Gasteiger partial charge in [-0.3, -0.25) is 9.78 Å². The fourth-order valence-corrected chi connectivity index (χ4v) is 3.58. The van der Waals surface area contributed by atoms with Gasteiger partial charge in [-0.15, -0.1) is 0 Å². The van der Waals surface area contributed by atoms with E-state index in [1.165, 1.54) is 16.4 Å². The summed E-state index contributed by atoms with van der Waals surface area (Å²) in [6.45, 7) is 0.371. The van der Waals surface area contributed by atoms with E-state index in [-0.39, 0.29) is 16.8 Å². The van der Waals surface area contributed by atoms with E-state index in [0.717, 1.165) is 18.4 Å². The van der Waals surface area contributed by atoms with Crippen LogP contribution < -0.4 is 5.32 Å². The molecule has 1 aromatic heterocycles. The van der Waals surface area contributed by atoms with Crippen molar-refractivity contribution in [2.24, 2.45) is 0 Å². The number of rotatable bonds is 7. The lowest BCUT2D eigenvalue weighted by atomic mass is 10.2. The summed E-state index contributed by atoms with van der Waals surface area (Å²) in [7, 11) is -2.02. The molecule has 132 valence electrons. The maximum atomic E-state index is 12.6. The van der Waals surface area contributed by atoms with Crippen molar-refractivity contribution in [3.63, 3.8) is 0 Å². The molecular formula is C18H21N3O3S. The van der Waals surface area contributed by atoms with Crippen LogP contribution in [-0.4, -0.2) is 43.2 Å². The van der Waals surface area contributed by atoms with Crippen molar-refractivity contribution in [1.82, 2.24) is 14.6 Å². The Labute approximate surface area is 147 Å². The van der Waals surface area contributed by atoms with Crippen LogP contribution in [0.2, 0.25) is 0 Å². The largest absolute Gasteiger partial charge is 0.349 e. The number of hydrogen-bond donors (Lipinski definition) is 1. The predicted octanol–water partition coefficient (Wildman–Crippen LogP) is 1.84. The monoisotopic (exact) mass is 359 g/mol. The lowest BCUT2D eigenvalue weighted by Crippen LogP contribution is -2.29. The number of carbonyl (C=O) groups is 1. The third-order valence-electron chi connectivity index (χ3n) is 4.20. The van der Waals surface area contributed by atoms with Crippen LogP contribution in [0.5, 0.6) is 0 Å². The van der Waals surface area contributed by atoms with Gasteiger partial charge < -0.3 is 5.32 Å². The fourth-order valence-electron chi connectivity index (χ4n) is 2.41. The summed E-state index contributed by atoms with van der Waals surface area (Å²) in [5.41, 5.74) is 1.51. The van der Waals surface area contributed by atoms with Crippen LogP contribution in [-0.2, 0) is 16.4 Å². The Kier molecular flexibility index (Phi) is 5.15. The van der Waals surface area contributed by atoms with E-state index in [9.17, 15) is 13.2 Å². The number of nitrogens with one attached hydrogen (secondary N) is 1. The third kappa shape index (κ3) is 4.43. The lowest BCUT2D eigenvalue weighted by Gasteiger charge is -2.17. The number of aromatic nitrogens is 1. The van der Waals surface area contributed by atoms with E-state index < -0.39 is 10.0 Å². The van der Waals surface area contributed by atoms with Gasteiger partial charge in [0.15, 0.2) is 0 Å². The molecule has 0 unspecified atom stereocenters. The molecule has 1 N–H and O–H groups in total. The van der Waals surface area contributed by atoms with Gasteiger partial charge in [-0.25, -0.2) is 12.7 Å². The minimum Gasteiger partial charge on any atom is -0.349 e. The van der Waals surface area contributed by atoms with Crippen molar-refractivity contribution in [3.8, 4) is 0 Å². The molecule has 1 saturated carbocycles. The number of pyridine rings is 1. The molecule has 0 saturated heterocycles. The van der Waals surface area contributed by atoms with Crippen molar-refractivity contribution >= 4 is 15.9 Å². The first-order valence-electron chi connectivity index (χ1n) is 8.23. The first kappa shape index (κ1) is 17.6. The second-order valence-electron chi connectivity index (χ2n) is 6.20. The average molecular weight is 359 g/mol. The summed E-state index contributed by atoms with van der Waals surface area (Å²) in [6.07, 6.45) is 6.02. The van der Waals surface area contributed by atoms with Crippen LogP contribution in [0.3, 0.4) is 0 Å². The summed E-state index contributed by atoms with van der Waals surface area (Å²) in [6, 6.07) is 10.1. The number of hydrogen-bond acceptors (Lipinski definition) is 4. The van der Waals surface area contributed by atoms with Crippen LogP contribution in [0, 0.1) is 0 Å². The Hall–Kier alpha value is -2.25. The number of amides is 1. The van der Waals surface area contributed by atoms with Gasteiger partial charge in [0.25, 0.3) is 5.91 Å². The molecule has 2 aromatic rings. The molecule has 1 amide bonds. The standard InChI is InChI=1S/C18H21N3O3S/c1-21(13-10-14-8-11-19-12-9-14)25(23,24)17-6-2-15(3-7-17)18(22)20-16-4-5-16/h2-3,6-9,11-12,16H,4-5,10,13H2,1H3,(H,20,22). The normalized spacial score (nSPS) is 14.5. The molecule has 0 aliphatic heterocycles. The topological polar surface area (TPSA) is 79.4 Å². The van der Waals surface area contributed by atoms with E-state index in [4.69, 9.17) is 0 Å². The van der Waals surface area contributed by atoms with Crippen LogP contribution in [0.15, 0.2) is 53.7 Å². The summed E-state index contributed by atoms with van der Waals surface area (Å²) >= 11 is 0.